The largest absolute Gasteiger partial charge is 0.240 e. The predicted molar refractivity (Wildman–Crippen MR) is 64.6 cm³/mol. The summed E-state index contributed by atoms with van der Waals surface area (Å²) < 4.78 is 0. The van der Waals surface area contributed by atoms with E-state index in [0.717, 1.165) is 17.1 Å². The summed E-state index contributed by atoms with van der Waals surface area (Å²) in [6.45, 7) is 2.12. The Bertz CT molecular complexity index is 419. The number of nitrogens with zero attached hydrogens (tertiary/aromatic N) is 1. The van der Waals surface area contributed by atoms with E-state index in [1.54, 1.807) is 22.7 Å². The average Bonchev–Trinajstić information content (AvgIpc) is 2.74. The Labute approximate surface area is 96.4 Å². The molecule has 0 atom stereocenters. The van der Waals surface area contributed by atoms with Crippen LogP contribution in [0.2, 0.25) is 0 Å². The molecule has 0 bridgehead atoms. The first-order valence-electron chi connectivity index (χ1n) is 4.36. The van der Waals surface area contributed by atoms with Crippen LogP contribution in [0, 0.1) is 6.92 Å². The van der Waals surface area contributed by atoms with Gasteiger partial charge < -0.3 is 0 Å². The van der Waals surface area contributed by atoms with E-state index in [-0.39, 0.29) is 0 Å². The number of thiophene rings is 1. The molecule has 0 unspecified atom stereocenters. The maximum absolute atomic E-state index is 5.67. The standard InChI is InChI=1S/C10H10ClNS2/c1-7-3-5-13-9(7)10-12-8(2-4-11)6-14-10/h3,5-6H,2,4H2,1H3. The predicted octanol–water partition coefficient (Wildman–Crippen LogP) is 3.96. The van der Waals surface area contributed by atoms with E-state index in [0.29, 0.717) is 5.88 Å². The van der Waals surface area contributed by atoms with Crippen LogP contribution in [0.15, 0.2) is 16.8 Å². The van der Waals surface area contributed by atoms with E-state index in [2.05, 4.69) is 28.7 Å². The minimum absolute atomic E-state index is 0.645. The highest BCUT2D eigenvalue weighted by Gasteiger charge is 2.07. The molecule has 0 aromatic carbocycles. The van der Waals surface area contributed by atoms with E-state index in [1.807, 2.05) is 0 Å². The summed E-state index contributed by atoms with van der Waals surface area (Å²) in [5.74, 6) is 0.645. The highest BCUT2D eigenvalue weighted by atomic mass is 35.5. The number of alkyl halides is 1. The smallest absolute Gasteiger partial charge is 0.133 e. The number of hydrogen-bond donors (Lipinski definition) is 0. The highest BCUT2D eigenvalue weighted by molar-refractivity contribution is 7.20. The summed E-state index contributed by atoms with van der Waals surface area (Å²) in [4.78, 5) is 5.84. The minimum Gasteiger partial charge on any atom is -0.240 e. The van der Waals surface area contributed by atoms with Crippen LogP contribution >= 0.6 is 34.3 Å². The van der Waals surface area contributed by atoms with Gasteiger partial charge in [-0.2, -0.15) is 0 Å². The van der Waals surface area contributed by atoms with Gasteiger partial charge in [0.25, 0.3) is 0 Å². The van der Waals surface area contributed by atoms with Crippen molar-refractivity contribution in [1.82, 2.24) is 4.98 Å². The topological polar surface area (TPSA) is 12.9 Å². The molecule has 4 heteroatoms. The molecule has 2 rings (SSSR count). The summed E-state index contributed by atoms with van der Waals surface area (Å²) >= 11 is 9.12. The summed E-state index contributed by atoms with van der Waals surface area (Å²) in [5, 5.41) is 5.32. The zero-order valence-electron chi connectivity index (χ0n) is 7.79. The van der Waals surface area contributed by atoms with Crippen LogP contribution in [0.1, 0.15) is 11.3 Å². The molecule has 0 amide bonds. The summed E-state index contributed by atoms with van der Waals surface area (Å²) in [6, 6.07) is 2.13. The Morgan fingerprint density at radius 1 is 1.43 bits per heavy atom. The lowest BCUT2D eigenvalue weighted by Crippen LogP contribution is -1.85. The molecule has 0 spiro atoms. The molecule has 0 aliphatic rings. The minimum atomic E-state index is 0.645. The molecule has 0 aliphatic heterocycles. The second-order valence-electron chi connectivity index (χ2n) is 3.02. The molecule has 2 aromatic heterocycles. The van der Waals surface area contributed by atoms with Gasteiger partial charge in [-0.05, 0) is 23.9 Å². The van der Waals surface area contributed by atoms with E-state index in [9.17, 15) is 0 Å². The lowest BCUT2D eigenvalue weighted by atomic mass is 10.3. The lowest BCUT2D eigenvalue weighted by Gasteiger charge is -1.92. The van der Waals surface area contributed by atoms with Crippen molar-refractivity contribution in [2.24, 2.45) is 0 Å². The number of aryl methyl sites for hydroxylation is 2. The molecule has 1 nitrogen and oxygen atoms in total. The molecule has 0 saturated heterocycles. The van der Waals surface area contributed by atoms with Crippen molar-refractivity contribution in [3.05, 3.63) is 28.1 Å². The van der Waals surface area contributed by atoms with Crippen LogP contribution in [0.4, 0.5) is 0 Å². The van der Waals surface area contributed by atoms with Crippen molar-refractivity contribution in [1.29, 1.82) is 0 Å². The fraction of sp³-hybridized carbons (Fsp3) is 0.300. The van der Waals surface area contributed by atoms with Gasteiger partial charge in [0.05, 0.1) is 10.6 Å². The van der Waals surface area contributed by atoms with Crippen molar-refractivity contribution < 1.29 is 0 Å². The molecule has 74 valence electrons. The summed E-state index contributed by atoms with van der Waals surface area (Å²) in [6.07, 6.45) is 0.864. The van der Waals surface area contributed by atoms with Gasteiger partial charge in [-0.25, -0.2) is 4.98 Å². The zero-order valence-corrected chi connectivity index (χ0v) is 10.2. The summed E-state index contributed by atoms with van der Waals surface area (Å²) in [5.41, 5.74) is 2.41. The molecule has 0 N–H and O–H groups in total. The van der Waals surface area contributed by atoms with Crippen molar-refractivity contribution in [2.75, 3.05) is 5.88 Å². The van der Waals surface area contributed by atoms with Gasteiger partial charge in [0.2, 0.25) is 0 Å². The quantitative estimate of drug-likeness (QED) is 0.744. The molecule has 0 fully saturated rings. The molecule has 0 saturated carbocycles. The third kappa shape index (κ3) is 2.00. The van der Waals surface area contributed by atoms with Gasteiger partial charge >= 0.3 is 0 Å². The van der Waals surface area contributed by atoms with E-state index in [4.69, 9.17) is 11.6 Å². The van der Waals surface area contributed by atoms with Crippen LogP contribution in [-0.4, -0.2) is 10.9 Å². The summed E-state index contributed by atoms with van der Waals surface area (Å²) in [7, 11) is 0. The Balaban J connectivity index is 2.29. The van der Waals surface area contributed by atoms with Crippen molar-refractivity contribution in [3.63, 3.8) is 0 Å². The molecule has 2 aromatic rings. The van der Waals surface area contributed by atoms with E-state index >= 15 is 0 Å². The fourth-order valence-corrected chi connectivity index (χ4v) is 3.36. The van der Waals surface area contributed by atoms with Crippen LogP contribution in [0.25, 0.3) is 9.88 Å². The van der Waals surface area contributed by atoms with Crippen LogP contribution in [0.5, 0.6) is 0 Å². The van der Waals surface area contributed by atoms with Gasteiger partial charge in [-0.15, -0.1) is 34.3 Å². The van der Waals surface area contributed by atoms with Crippen molar-refractivity contribution in [2.45, 2.75) is 13.3 Å². The molecular weight excluding hydrogens is 234 g/mol. The van der Waals surface area contributed by atoms with Gasteiger partial charge in [-0.3, -0.25) is 0 Å². The number of rotatable bonds is 3. The molecular formula is C10H10ClNS2. The monoisotopic (exact) mass is 243 g/mol. The van der Waals surface area contributed by atoms with Gasteiger partial charge in [0.15, 0.2) is 0 Å². The Morgan fingerprint density at radius 3 is 2.93 bits per heavy atom. The first kappa shape index (κ1) is 10.1. The average molecular weight is 244 g/mol. The van der Waals surface area contributed by atoms with Crippen LogP contribution in [-0.2, 0) is 6.42 Å². The number of aromatic nitrogens is 1. The first-order valence-corrected chi connectivity index (χ1v) is 6.65. The second kappa shape index (κ2) is 4.43. The lowest BCUT2D eigenvalue weighted by molar-refractivity contribution is 1.07. The van der Waals surface area contributed by atoms with Crippen molar-refractivity contribution in [3.8, 4) is 9.88 Å². The number of thiazole rings is 1. The second-order valence-corrected chi connectivity index (χ2v) is 5.17. The highest BCUT2D eigenvalue weighted by Crippen LogP contribution is 2.31. The van der Waals surface area contributed by atoms with Gasteiger partial charge in [-0.1, -0.05) is 0 Å². The third-order valence-corrected chi connectivity index (χ3v) is 4.21. The van der Waals surface area contributed by atoms with Crippen LogP contribution in [0.3, 0.4) is 0 Å². The molecule has 14 heavy (non-hydrogen) atoms. The molecule has 2 heterocycles. The van der Waals surface area contributed by atoms with Crippen molar-refractivity contribution >= 4 is 34.3 Å². The first-order chi connectivity index (χ1) is 6.81. The number of hydrogen-bond acceptors (Lipinski definition) is 3. The third-order valence-electron chi connectivity index (χ3n) is 1.96. The molecule has 0 radical (unpaired) electrons. The SMILES string of the molecule is Cc1ccsc1-c1nc(CCCl)cs1. The Hall–Kier alpha value is -0.380. The van der Waals surface area contributed by atoms with Gasteiger partial charge in [0.1, 0.15) is 5.01 Å². The normalized spacial score (nSPS) is 10.7. The molecule has 0 aliphatic carbocycles. The van der Waals surface area contributed by atoms with E-state index in [1.165, 1.54) is 10.4 Å². The maximum Gasteiger partial charge on any atom is 0.133 e. The van der Waals surface area contributed by atoms with Gasteiger partial charge in [0, 0.05) is 17.7 Å². The zero-order chi connectivity index (χ0) is 9.97. The van der Waals surface area contributed by atoms with E-state index < -0.39 is 0 Å². The Morgan fingerprint density at radius 2 is 2.29 bits per heavy atom. The van der Waals surface area contributed by atoms with Crippen LogP contribution < -0.4 is 0 Å². The number of halogens is 1. The fourth-order valence-electron chi connectivity index (χ4n) is 1.21. The maximum atomic E-state index is 5.67. The Kier molecular flexibility index (Phi) is 3.21.